The van der Waals surface area contributed by atoms with Gasteiger partial charge in [0, 0.05) is 12.2 Å². The number of carbonyl (C=O) groups excluding carboxylic acids is 1. The highest BCUT2D eigenvalue weighted by atomic mass is 32.2. The summed E-state index contributed by atoms with van der Waals surface area (Å²) in [5.74, 6) is 0.658. The van der Waals surface area contributed by atoms with Gasteiger partial charge in [-0.05, 0) is 30.3 Å². The van der Waals surface area contributed by atoms with Gasteiger partial charge in [0.15, 0.2) is 11.0 Å². The number of hydrogen-bond donors (Lipinski definition) is 1. The molecule has 3 rings (SSSR count). The van der Waals surface area contributed by atoms with Crippen molar-refractivity contribution in [2.24, 2.45) is 0 Å². The molecule has 1 aromatic heterocycles. The second kappa shape index (κ2) is 9.69. The highest BCUT2D eigenvalue weighted by Crippen LogP contribution is 2.32. The Morgan fingerprint density at radius 2 is 2.00 bits per heavy atom. The van der Waals surface area contributed by atoms with Gasteiger partial charge in [-0.15, -0.1) is 16.8 Å². The molecule has 10 heteroatoms. The molecule has 0 spiro atoms. The van der Waals surface area contributed by atoms with E-state index in [1.807, 2.05) is 18.2 Å². The normalized spacial score (nSPS) is 11.2. The first-order valence-corrected chi connectivity index (χ1v) is 10.1. The van der Waals surface area contributed by atoms with Crippen molar-refractivity contribution in [3.05, 3.63) is 66.7 Å². The minimum Gasteiger partial charge on any atom is -0.496 e. The number of anilines is 1. The zero-order chi connectivity index (χ0) is 22.4. The smallest absolute Gasteiger partial charge is 0.416 e. The quantitative estimate of drug-likeness (QED) is 0.393. The van der Waals surface area contributed by atoms with Gasteiger partial charge >= 0.3 is 6.18 Å². The van der Waals surface area contributed by atoms with Crippen LogP contribution in [-0.4, -0.2) is 33.5 Å². The number of rotatable bonds is 8. The summed E-state index contributed by atoms with van der Waals surface area (Å²) in [6, 6.07) is 11.8. The summed E-state index contributed by atoms with van der Waals surface area (Å²) in [7, 11) is 1.56. The molecule has 0 atom stereocenters. The molecule has 0 aliphatic rings. The molecule has 0 saturated heterocycles. The monoisotopic (exact) mass is 448 g/mol. The van der Waals surface area contributed by atoms with Crippen molar-refractivity contribution in [3.8, 4) is 17.1 Å². The number of amides is 1. The minimum atomic E-state index is -4.48. The van der Waals surface area contributed by atoms with E-state index in [9.17, 15) is 18.0 Å². The molecule has 3 aromatic rings. The summed E-state index contributed by atoms with van der Waals surface area (Å²) in [4.78, 5) is 12.3. The lowest BCUT2D eigenvalue weighted by Gasteiger charge is -2.11. The third-order valence-corrected chi connectivity index (χ3v) is 5.15. The molecule has 6 nitrogen and oxygen atoms in total. The summed E-state index contributed by atoms with van der Waals surface area (Å²) >= 11 is 1.12. The molecule has 0 fully saturated rings. The Kier molecular flexibility index (Phi) is 7.01. The number of benzene rings is 2. The van der Waals surface area contributed by atoms with Crippen LogP contribution in [-0.2, 0) is 17.5 Å². The van der Waals surface area contributed by atoms with E-state index in [0.29, 0.717) is 23.3 Å². The molecule has 1 heterocycles. The molecule has 1 N–H and O–H groups in total. The van der Waals surface area contributed by atoms with Crippen LogP contribution in [0.1, 0.15) is 5.56 Å². The maximum absolute atomic E-state index is 12.8. The van der Waals surface area contributed by atoms with Gasteiger partial charge in [-0.3, -0.25) is 9.36 Å². The fourth-order valence-electron chi connectivity index (χ4n) is 2.82. The maximum atomic E-state index is 12.8. The van der Waals surface area contributed by atoms with E-state index in [1.165, 1.54) is 12.1 Å². The highest BCUT2D eigenvalue weighted by Gasteiger charge is 2.30. The Hall–Kier alpha value is -3.27. The summed E-state index contributed by atoms with van der Waals surface area (Å²) in [6.45, 7) is 4.15. The third kappa shape index (κ3) is 5.46. The first-order chi connectivity index (χ1) is 14.8. The van der Waals surface area contributed by atoms with E-state index < -0.39 is 17.6 Å². The average molecular weight is 448 g/mol. The molecule has 0 saturated carbocycles. The number of hydrogen-bond acceptors (Lipinski definition) is 5. The number of alkyl halides is 3. The van der Waals surface area contributed by atoms with Crippen LogP contribution in [0.15, 0.2) is 66.3 Å². The van der Waals surface area contributed by atoms with Gasteiger partial charge in [0.2, 0.25) is 5.91 Å². The Balaban J connectivity index is 1.74. The van der Waals surface area contributed by atoms with Crippen molar-refractivity contribution in [3.63, 3.8) is 0 Å². The fraction of sp³-hybridized carbons (Fsp3) is 0.190. The molecule has 0 unspecified atom stereocenters. The number of allylic oxidation sites excluding steroid dienone is 1. The first kappa shape index (κ1) is 22.4. The molecule has 0 aliphatic heterocycles. The molecule has 0 bridgehead atoms. The fourth-order valence-corrected chi connectivity index (χ4v) is 3.57. The number of thioether (sulfide) groups is 1. The van der Waals surface area contributed by atoms with E-state index >= 15 is 0 Å². The van der Waals surface area contributed by atoms with E-state index in [2.05, 4.69) is 22.1 Å². The summed E-state index contributed by atoms with van der Waals surface area (Å²) in [6.07, 6.45) is -2.81. The Morgan fingerprint density at radius 3 is 2.71 bits per heavy atom. The number of methoxy groups -OCH3 is 1. The largest absolute Gasteiger partial charge is 0.496 e. The third-order valence-electron chi connectivity index (χ3n) is 4.18. The average Bonchev–Trinajstić information content (AvgIpc) is 3.14. The van der Waals surface area contributed by atoms with Crippen LogP contribution in [0.4, 0.5) is 18.9 Å². The molecule has 0 aliphatic carbocycles. The molecular formula is C21H19F3N4O2S. The topological polar surface area (TPSA) is 69.0 Å². The SMILES string of the molecule is C=CCn1c(SCC(=O)Nc2cccc(C(F)(F)F)c2)nnc1-c1ccccc1OC. The predicted octanol–water partition coefficient (Wildman–Crippen LogP) is 4.89. The van der Waals surface area contributed by atoms with Crippen molar-refractivity contribution < 1.29 is 22.7 Å². The van der Waals surface area contributed by atoms with Crippen molar-refractivity contribution in [2.45, 2.75) is 17.9 Å². The van der Waals surface area contributed by atoms with Crippen LogP contribution < -0.4 is 10.1 Å². The van der Waals surface area contributed by atoms with Crippen LogP contribution in [0.3, 0.4) is 0 Å². The minimum absolute atomic E-state index is 0.0581. The summed E-state index contributed by atoms with van der Waals surface area (Å²) in [5.41, 5.74) is -0.0209. The Morgan fingerprint density at radius 1 is 1.23 bits per heavy atom. The lowest BCUT2D eigenvalue weighted by atomic mass is 10.2. The van der Waals surface area contributed by atoms with Crippen LogP contribution in [0.2, 0.25) is 0 Å². The molecule has 31 heavy (non-hydrogen) atoms. The van der Waals surface area contributed by atoms with Crippen molar-refractivity contribution in [1.82, 2.24) is 14.8 Å². The number of nitrogens with zero attached hydrogens (tertiary/aromatic N) is 3. The Bertz CT molecular complexity index is 1080. The molecule has 1 amide bonds. The Labute approximate surface area is 181 Å². The van der Waals surface area contributed by atoms with Crippen molar-refractivity contribution >= 4 is 23.4 Å². The van der Waals surface area contributed by atoms with Crippen molar-refractivity contribution in [1.29, 1.82) is 0 Å². The zero-order valence-electron chi connectivity index (χ0n) is 16.5. The van der Waals surface area contributed by atoms with Crippen LogP contribution in [0.25, 0.3) is 11.4 Å². The van der Waals surface area contributed by atoms with Crippen LogP contribution in [0, 0.1) is 0 Å². The van der Waals surface area contributed by atoms with E-state index in [-0.39, 0.29) is 11.4 Å². The van der Waals surface area contributed by atoms with Gasteiger partial charge in [-0.2, -0.15) is 13.2 Å². The molecule has 162 valence electrons. The van der Waals surface area contributed by atoms with E-state index in [0.717, 1.165) is 29.5 Å². The van der Waals surface area contributed by atoms with E-state index in [1.54, 1.807) is 23.8 Å². The number of aromatic nitrogens is 3. The lowest BCUT2D eigenvalue weighted by Crippen LogP contribution is -2.15. The van der Waals surface area contributed by atoms with Gasteiger partial charge in [0.25, 0.3) is 0 Å². The van der Waals surface area contributed by atoms with Crippen LogP contribution in [0.5, 0.6) is 5.75 Å². The van der Waals surface area contributed by atoms with Crippen molar-refractivity contribution in [2.75, 3.05) is 18.2 Å². The summed E-state index contributed by atoms with van der Waals surface area (Å²) < 4.78 is 45.7. The number of para-hydroxylation sites is 1. The lowest BCUT2D eigenvalue weighted by molar-refractivity contribution is -0.137. The molecule has 0 radical (unpaired) electrons. The number of nitrogens with one attached hydrogen (secondary N) is 1. The van der Waals surface area contributed by atoms with Gasteiger partial charge in [0.05, 0.1) is 24.0 Å². The maximum Gasteiger partial charge on any atom is 0.416 e. The second-order valence-corrected chi connectivity index (χ2v) is 7.26. The second-order valence-electron chi connectivity index (χ2n) is 6.32. The number of halogens is 3. The van der Waals surface area contributed by atoms with Crippen LogP contribution >= 0.6 is 11.8 Å². The van der Waals surface area contributed by atoms with Gasteiger partial charge < -0.3 is 10.1 Å². The summed E-state index contributed by atoms with van der Waals surface area (Å²) in [5, 5.41) is 11.3. The standard InChI is InChI=1S/C21H19F3N4O2S/c1-3-11-28-19(16-9-4-5-10-17(16)30-2)26-27-20(28)31-13-18(29)25-15-8-6-7-14(12-15)21(22,23)24/h3-10,12H,1,11,13H2,2H3,(H,25,29). The predicted molar refractivity (Wildman–Crippen MR) is 113 cm³/mol. The van der Waals surface area contributed by atoms with Gasteiger partial charge in [-0.25, -0.2) is 0 Å². The first-order valence-electron chi connectivity index (χ1n) is 9.11. The number of carbonyl (C=O) groups is 1. The zero-order valence-corrected chi connectivity index (χ0v) is 17.3. The van der Waals surface area contributed by atoms with Gasteiger partial charge in [-0.1, -0.05) is 36.0 Å². The highest BCUT2D eigenvalue weighted by molar-refractivity contribution is 7.99. The van der Waals surface area contributed by atoms with E-state index in [4.69, 9.17) is 4.74 Å². The number of ether oxygens (including phenoxy) is 1. The van der Waals surface area contributed by atoms with Gasteiger partial charge in [0.1, 0.15) is 5.75 Å². The molecule has 2 aromatic carbocycles. The molecular weight excluding hydrogens is 429 g/mol.